The number of nitrogens with one attached hydrogen (secondary N) is 2. The summed E-state index contributed by atoms with van der Waals surface area (Å²) in [5, 5.41) is 9.46. The minimum Gasteiger partial charge on any atom is -0.360 e. The van der Waals surface area contributed by atoms with E-state index in [0.29, 0.717) is 18.1 Å². The van der Waals surface area contributed by atoms with Crippen LogP contribution in [-0.2, 0) is 4.79 Å². The highest BCUT2D eigenvalue weighted by atomic mass is 16.5. The number of rotatable bonds is 7. The van der Waals surface area contributed by atoms with Crippen LogP contribution in [0.15, 0.2) is 10.6 Å². The number of aryl methyl sites for hydroxylation is 1. The lowest BCUT2D eigenvalue weighted by Crippen LogP contribution is -2.32. The summed E-state index contributed by atoms with van der Waals surface area (Å²) in [6.07, 6.45) is 1.02. The summed E-state index contributed by atoms with van der Waals surface area (Å²) in [6.45, 7) is 3.97. The quantitative estimate of drug-likeness (QED) is 0.678. The number of likely N-dealkylation sites (N-methyl/N-ethyl adjacent to an activating group) is 1. The summed E-state index contributed by atoms with van der Waals surface area (Å²) in [7, 11) is 3.84. The Morgan fingerprint density at radius 2 is 2.35 bits per heavy atom. The van der Waals surface area contributed by atoms with Gasteiger partial charge in [-0.3, -0.25) is 9.69 Å². The first-order chi connectivity index (χ1) is 8.11. The molecule has 1 aromatic rings. The molecule has 0 aromatic carbocycles. The fourth-order valence-electron chi connectivity index (χ4n) is 1.46. The lowest BCUT2D eigenvalue weighted by molar-refractivity contribution is -0.117. The van der Waals surface area contributed by atoms with E-state index in [1.165, 1.54) is 0 Å². The van der Waals surface area contributed by atoms with Gasteiger partial charge in [0.1, 0.15) is 5.76 Å². The molecule has 2 N–H and O–H groups in total. The molecule has 17 heavy (non-hydrogen) atoms. The molecule has 0 saturated carbocycles. The molecule has 0 atom stereocenters. The number of hydrogen-bond donors (Lipinski definition) is 2. The molecule has 0 bridgehead atoms. The second-order valence-electron chi connectivity index (χ2n) is 4.07. The molecule has 0 aliphatic carbocycles. The Morgan fingerprint density at radius 1 is 1.59 bits per heavy atom. The van der Waals surface area contributed by atoms with Gasteiger partial charge in [0.25, 0.3) is 0 Å². The lowest BCUT2D eigenvalue weighted by atomic mass is 10.4. The summed E-state index contributed by atoms with van der Waals surface area (Å²) in [5.41, 5.74) is 0. The first kappa shape index (κ1) is 13.7. The van der Waals surface area contributed by atoms with E-state index in [4.69, 9.17) is 4.52 Å². The van der Waals surface area contributed by atoms with Gasteiger partial charge in [-0.25, -0.2) is 0 Å². The molecular weight excluding hydrogens is 220 g/mol. The molecule has 0 saturated heterocycles. The first-order valence-corrected chi connectivity index (χ1v) is 5.68. The second-order valence-corrected chi connectivity index (χ2v) is 4.07. The molecule has 0 radical (unpaired) electrons. The van der Waals surface area contributed by atoms with Gasteiger partial charge in [-0.15, -0.1) is 0 Å². The van der Waals surface area contributed by atoms with Gasteiger partial charge in [0, 0.05) is 6.07 Å². The third kappa shape index (κ3) is 5.46. The van der Waals surface area contributed by atoms with Crippen molar-refractivity contribution in [3.05, 3.63) is 11.8 Å². The Labute approximate surface area is 101 Å². The number of aromatic nitrogens is 1. The topological polar surface area (TPSA) is 70.4 Å². The van der Waals surface area contributed by atoms with Gasteiger partial charge in [0.2, 0.25) is 5.91 Å². The van der Waals surface area contributed by atoms with Gasteiger partial charge in [-0.05, 0) is 40.5 Å². The van der Waals surface area contributed by atoms with Crippen molar-refractivity contribution in [2.24, 2.45) is 0 Å². The fourth-order valence-corrected chi connectivity index (χ4v) is 1.46. The maximum Gasteiger partial charge on any atom is 0.239 e. The standard InChI is InChI=1S/C11H20N4O2/c1-9-7-10(14-17-9)13-11(16)8-15(3)6-4-5-12-2/h7,12H,4-6,8H2,1-3H3,(H,13,14,16). The van der Waals surface area contributed by atoms with Crippen molar-refractivity contribution in [3.8, 4) is 0 Å². The van der Waals surface area contributed by atoms with Gasteiger partial charge in [-0.1, -0.05) is 5.16 Å². The van der Waals surface area contributed by atoms with Crippen molar-refractivity contribution in [1.82, 2.24) is 15.4 Å². The second kappa shape index (κ2) is 7.03. The predicted molar refractivity (Wildman–Crippen MR) is 65.9 cm³/mol. The summed E-state index contributed by atoms with van der Waals surface area (Å²) in [4.78, 5) is 13.6. The summed E-state index contributed by atoms with van der Waals surface area (Å²) >= 11 is 0. The van der Waals surface area contributed by atoms with E-state index in [9.17, 15) is 4.79 Å². The molecule has 1 heterocycles. The van der Waals surface area contributed by atoms with Gasteiger partial charge in [-0.2, -0.15) is 0 Å². The van der Waals surface area contributed by atoms with E-state index in [2.05, 4.69) is 15.8 Å². The van der Waals surface area contributed by atoms with E-state index in [1.54, 1.807) is 13.0 Å². The molecule has 6 nitrogen and oxygen atoms in total. The van der Waals surface area contributed by atoms with Crippen molar-refractivity contribution >= 4 is 11.7 Å². The fraction of sp³-hybridized carbons (Fsp3) is 0.636. The zero-order chi connectivity index (χ0) is 12.7. The van der Waals surface area contributed by atoms with Gasteiger partial charge in [0.15, 0.2) is 5.82 Å². The van der Waals surface area contributed by atoms with E-state index in [1.807, 2.05) is 19.0 Å². The molecule has 6 heteroatoms. The van der Waals surface area contributed by atoms with Crippen LogP contribution in [0.1, 0.15) is 12.2 Å². The Kier molecular flexibility index (Phi) is 5.65. The monoisotopic (exact) mass is 240 g/mol. The van der Waals surface area contributed by atoms with Crippen LogP contribution < -0.4 is 10.6 Å². The van der Waals surface area contributed by atoms with Gasteiger partial charge >= 0.3 is 0 Å². The highest BCUT2D eigenvalue weighted by Gasteiger charge is 2.08. The predicted octanol–water partition coefficient (Wildman–Crippen LogP) is 0.463. The molecule has 1 aromatic heterocycles. The van der Waals surface area contributed by atoms with Crippen LogP contribution in [0, 0.1) is 6.92 Å². The number of nitrogens with zero attached hydrogens (tertiary/aromatic N) is 2. The van der Waals surface area contributed by atoms with Gasteiger partial charge in [0.05, 0.1) is 6.54 Å². The maximum atomic E-state index is 11.6. The number of hydrogen-bond acceptors (Lipinski definition) is 5. The maximum absolute atomic E-state index is 11.6. The third-order valence-electron chi connectivity index (χ3n) is 2.28. The number of amides is 1. The third-order valence-corrected chi connectivity index (χ3v) is 2.28. The summed E-state index contributed by atoms with van der Waals surface area (Å²) < 4.78 is 4.86. The average Bonchev–Trinajstić information content (AvgIpc) is 2.64. The molecule has 0 unspecified atom stereocenters. The van der Waals surface area contributed by atoms with E-state index < -0.39 is 0 Å². The Morgan fingerprint density at radius 3 is 2.94 bits per heavy atom. The number of carbonyl (C=O) groups is 1. The van der Waals surface area contributed by atoms with Crippen LogP contribution in [0.3, 0.4) is 0 Å². The molecule has 1 rings (SSSR count). The Balaban J connectivity index is 2.24. The summed E-state index contributed by atoms with van der Waals surface area (Å²) in [5.74, 6) is 1.07. The van der Waals surface area contributed by atoms with Crippen molar-refractivity contribution in [3.63, 3.8) is 0 Å². The van der Waals surface area contributed by atoms with E-state index in [0.717, 1.165) is 19.5 Å². The molecule has 0 aliphatic rings. The van der Waals surface area contributed by atoms with Crippen LogP contribution in [0.2, 0.25) is 0 Å². The largest absolute Gasteiger partial charge is 0.360 e. The Hall–Kier alpha value is -1.40. The highest BCUT2D eigenvalue weighted by Crippen LogP contribution is 2.06. The lowest BCUT2D eigenvalue weighted by Gasteiger charge is -2.15. The van der Waals surface area contributed by atoms with Crippen LogP contribution in [0.4, 0.5) is 5.82 Å². The van der Waals surface area contributed by atoms with Gasteiger partial charge < -0.3 is 15.2 Å². The van der Waals surface area contributed by atoms with Crippen LogP contribution in [0.25, 0.3) is 0 Å². The Bertz CT molecular complexity index is 351. The smallest absolute Gasteiger partial charge is 0.239 e. The van der Waals surface area contributed by atoms with Crippen molar-refractivity contribution in [2.75, 3.05) is 39.0 Å². The highest BCUT2D eigenvalue weighted by molar-refractivity contribution is 5.91. The van der Waals surface area contributed by atoms with Crippen LogP contribution in [0.5, 0.6) is 0 Å². The van der Waals surface area contributed by atoms with E-state index in [-0.39, 0.29) is 5.91 Å². The SMILES string of the molecule is CNCCCN(C)CC(=O)Nc1cc(C)on1. The molecule has 0 fully saturated rings. The van der Waals surface area contributed by atoms with E-state index >= 15 is 0 Å². The van der Waals surface area contributed by atoms with Crippen LogP contribution in [-0.4, -0.2) is 49.7 Å². The molecule has 96 valence electrons. The minimum atomic E-state index is -0.0785. The molecule has 0 spiro atoms. The average molecular weight is 240 g/mol. The normalized spacial score (nSPS) is 10.8. The number of anilines is 1. The molecule has 0 aliphatic heterocycles. The van der Waals surface area contributed by atoms with Crippen LogP contribution >= 0.6 is 0 Å². The minimum absolute atomic E-state index is 0.0785. The number of carbonyl (C=O) groups excluding carboxylic acids is 1. The van der Waals surface area contributed by atoms with Crippen molar-refractivity contribution in [2.45, 2.75) is 13.3 Å². The summed E-state index contributed by atoms with van der Waals surface area (Å²) in [6, 6.07) is 1.69. The molecule has 1 amide bonds. The van der Waals surface area contributed by atoms with Crippen molar-refractivity contribution in [1.29, 1.82) is 0 Å². The zero-order valence-corrected chi connectivity index (χ0v) is 10.6. The van der Waals surface area contributed by atoms with Crippen molar-refractivity contribution < 1.29 is 9.32 Å². The molecular formula is C11H20N4O2. The first-order valence-electron chi connectivity index (χ1n) is 5.68. The zero-order valence-electron chi connectivity index (χ0n) is 10.6.